The molecule has 0 saturated carbocycles. The number of pyridine rings is 1. The molecule has 1 aromatic carbocycles. The maximum atomic E-state index is 10.1. The van der Waals surface area contributed by atoms with Gasteiger partial charge in [0.05, 0.1) is 5.69 Å². The van der Waals surface area contributed by atoms with Gasteiger partial charge < -0.3 is 14.4 Å². The van der Waals surface area contributed by atoms with Crippen molar-refractivity contribution in [1.29, 1.82) is 0 Å². The Morgan fingerprint density at radius 1 is 1.15 bits per heavy atom. The molecule has 0 amide bonds. The predicted octanol–water partition coefficient (Wildman–Crippen LogP) is 5.53. The number of hydrogen-bond donors (Lipinski definition) is 1. The van der Waals surface area contributed by atoms with Crippen LogP contribution in [0, 0.1) is 12.8 Å². The molecule has 3 aromatic rings. The number of rotatable bonds is 6. The van der Waals surface area contributed by atoms with Gasteiger partial charge in [-0.1, -0.05) is 29.8 Å². The van der Waals surface area contributed by atoms with Crippen LogP contribution in [0.15, 0.2) is 48.9 Å². The Labute approximate surface area is 207 Å². The van der Waals surface area contributed by atoms with E-state index in [0.717, 1.165) is 56.2 Å². The third-order valence-corrected chi connectivity index (χ3v) is 7.77. The largest absolute Gasteiger partial charge is 0.437 e. The van der Waals surface area contributed by atoms with Gasteiger partial charge >= 0.3 is 7.05 Å². The number of hydrogen-bond acceptors (Lipinski definition) is 4. The van der Waals surface area contributed by atoms with Crippen molar-refractivity contribution in [2.24, 2.45) is 5.92 Å². The van der Waals surface area contributed by atoms with Crippen molar-refractivity contribution in [1.82, 2.24) is 19.3 Å². The summed E-state index contributed by atoms with van der Waals surface area (Å²) in [5, 5.41) is 10.8. The van der Waals surface area contributed by atoms with Crippen LogP contribution < -0.4 is 0 Å². The lowest BCUT2D eigenvalue weighted by molar-refractivity contribution is 0.235. The van der Waals surface area contributed by atoms with E-state index in [0.29, 0.717) is 5.92 Å². The molecular formula is C27H32BClN4O. The second-order valence-corrected chi connectivity index (χ2v) is 10.1. The molecular weight excluding hydrogens is 443 g/mol. The number of allylic oxidation sites excluding steroid dienone is 1. The predicted molar refractivity (Wildman–Crippen MR) is 140 cm³/mol. The fraction of sp³-hybridized carbons (Fsp3) is 0.407. The second kappa shape index (κ2) is 10.1. The molecule has 5 nitrogen and oxygen atoms in total. The van der Waals surface area contributed by atoms with Gasteiger partial charge in [-0.2, -0.15) is 0 Å². The zero-order chi connectivity index (χ0) is 23.7. The van der Waals surface area contributed by atoms with Gasteiger partial charge in [0.2, 0.25) is 0 Å². The van der Waals surface area contributed by atoms with Gasteiger partial charge in [-0.25, -0.2) is 4.98 Å². The number of nitrogens with zero attached hydrogens (tertiary/aromatic N) is 4. The Hall–Kier alpha value is -2.41. The Morgan fingerprint density at radius 2 is 1.97 bits per heavy atom. The third-order valence-electron chi connectivity index (χ3n) is 7.54. The molecule has 7 heteroatoms. The summed E-state index contributed by atoms with van der Waals surface area (Å²) in [6.07, 6.45) is 12.3. The summed E-state index contributed by atoms with van der Waals surface area (Å²) in [4.78, 5) is 11.5. The highest BCUT2D eigenvalue weighted by molar-refractivity contribution is 6.45. The molecule has 1 fully saturated rings. The number of aryl methyl sites for hydroxylation is 2. The summed E-state index contributed by atoms with van der Waals surface area (Å²) in [5.41, 5.74) is 6.31. The summed E-state index contributed by atoms with van der Waals surface area (Å²) >= 11 is 6.48. The first-order chi connectivity index (χ1) is 16.5. The zero-order valence-corrected chi connectivity index (χ0v) is 20.7. The van der Waals surface area contributed by atoms with Gasteiger partial charge in [-0.3, -0.25) is 4.98 Å². The minimum atomic E-state index is -0.390. The van der Waals surface area contributed by atoms with Crippen molar-refractivity contribution >= 4 is 30.3 Å². The van der Waals surface area contributed by atoms with E-state index in [9.17, 15) is 5.02 Å². The van der Waals surface area contributed by atoms with E-state index in [4.69, 9.17) is 16.6 Å². The van der Waals surface area contributed by atoms with Crippen LogP contribution >= 0.6 is 11.6 Å². The molecule has 1 aliphatic heterocycles. The molecule has 3 heterocycles. The van der Waals surface area contributed by atoms with Crippen molar-refractivity contribution in [3.63, 3.8) is 0 Å². The maximum absolute atomic E-state index is 10.1. The van der Waals surface area contributed by atoms with Crippen molar-refractivity contribution in [3.05, 3.63) is 82.2 Å². The molecule has 5 rings (SSSR count). The Bertz CT molecular complexity index is 1180. The molecule has 0 bridgehead atoms. The smallest absolute Gasteiger partial charge is 0.376 e. The van der Waals surface area contributed by atoms with Crippen molar-refractivity contribution in [3.8, 4) is 0 Å². The molecule has 2 aromatic heterocycles. The average molecular weight is 475 g/mol. The van der Waals surface area contributed by atoms with Crippen LogP contribution in [-0.2, 0) is 6.54 Å². The Morgan fingerprint density at radius 3 is 2.71 bits per heavy atom. The fourth-order valence-electron chi connectivity index (χ4n) is 5.69. The molecule has 1 atom stereocenters. The summed E-state index contributed by atoms with van der Waals surface area (Å²) in [6.45, 7) is 6.68. The fourth-order valence-corrected chi connectivity index (χ4v) is 5.87. The summed E-state index contributed by atoms with van der Waals surface area (Å²) in [6, 6.07) is 10.6. The van der Waals surface area contributed by atoms with Gasteiger partial charge in [0.25, 0.3) is 0 Å². The molecule has 1 aliphatic carbocycles. The van der Waals surface area contributed by atoms with E-state index in [1.165, 1.54) is 28.0 Å². The van der Waals surface area contributed by atoms with Crippen LogP contribution in [-0.4, -0.2) is 44.5 Å². The minimum Gasteiger partial charge on any atom is -0.437 e. The van der Waals surface area contributed by atoms with Crippen LogP contribution in [0.1, 0.15) is 59.8 Å². The standard InChI is InChI=1S/C27H32BClN4O/c1-19-30-12-16-32(19)13-4-5-21-17-22-18-23(29)7-8-24(22)26(27-25(21)6-3-11-31-27)20-9-14-33(15-10-20)28(2)34/h3,6-8,11-12,16-18,20,26,34H,4-5,9-10,13-15H2,1-2H3. The molecule has 1 saturated heterocycles. The Balaban J connectivity index is 1.49. The van der Waals surface area contributed by atoms with E-state index in [1.807, 2.05) is 25.3 Å². The third kappa shape index (κ3) is 4.72. The van der Waals surface area contributed by atoms with E-state index in [1.54, 1.807) is 0 Å². The number of piperidine rings is 1. The first-order valence-electron chi connectivity index (χ1n) is 12.4. The highest BCUT2D eigenvalue weighted by Gasteiger charge is 2.35. The zero-order valence-electron chi connectivity index (χ0n) is 20.0. The topological polar surface area (TPSA) is 54.2 Å². The highest BCUT2D eigenvalue weighted by Crippen LogP contribution is 2.45. The van der Waals surface area contributed by atoms with Crippen molar-refractivity contribution < 1.29 is 5.02 Å². The molecule has 176 valence electrons. The molecule has 1 N–H and O–H groups in total. The molecule has 34 heavy (non-hydrogen) atoms. The number of fused-ring (bicyclic) bond motifs is 2. The van der Waals surface area contributed by atoms with Gasteiger partial charge in [-0.05, 0) is 98.9 Å². The first kappa shape index (κ1) is 23.3. The first-order valence-corrected chi connectivity index (χ1v) is 12.7. The monoisotopic (exact) mass is 474 g/mol. The summed E-state index contributed by atoms with van der Waals surface area (Å²) < 4.78 is 2.21. The van der Waals surface area contributed by atoms with Gasteiger partial charge in [0.15, 0.2) is 0 Å². The number of aromatic nitrogens is 3. The minimum absolute atomic E-state index is 0.226. The van der Waals surface area contributed by atoms with Crippen molar-refractivity contribution in [2.75, 3.05) is 13.1 Å². The Kier molecular flexibility index (Phi) is 6.91. The van der Waals surface area contributed by atoms with E-state index < -0.39 is 0 Å². The number of halogens is 1. The normalized spacial score (nSPS) is 18.7. The van der Waals surface area contributed by atoms with Crippen LogP contribution in [0.5, 0.6) is 0 Å². The molecule has 0 radical (unpaired) electrons. The summed E-state index contributed by atoms with van der Waals surface area (Å²) in [7, 11) is -0.390. The molecule has 0 spiro atoms. The van der Waals surface area contributed by atoms with E-state index >= 15 is 0 Å². The lowest BCUT2D eigenvalue weighted by atomic mass is 9.73. The average Bonchev–Trinajstić information content (AvgIpc) is 3.19. The molecule has 1 unspecified atom stereocenters. The maximum Gasteiger partial charge on any atom is 0.376 e. The SMILES string of the molecule is CB(O)N1CCC(C2c3ccc(Cl)cc3C=C(CCCn3ccnc3C)c3cccnc32)CC1. The van der Waals surface area contributed by atoms with Gasteiger partial charge in [0, 0.05) is 36.1 Å². The summed E-state index contributed by atoms with van der Waals surface area (Å²) in [5.74, 6) is 1.76. The number of benzene rings is 1. The van der Waals surface area contributed by atoms with E-state index in [-0.39, 0.29) is 13.0 Å². The van der Waals surface area contributed by atoms with Crippen LogP contribution in [0.3, 0.4) is 0 Å². The lowest BCUT2D eigenvalue weighted by Gasteiger charge is -2.37. The lowest BCUT2D eigenvalue weighted by Crippen LogP contribution is -2.44. The van der Waals surface area contributed by atoms with Crippen LogP contribution in [0.25, 0.3) is 11.6 Å². The van der Waals surface area contributed by atoms with Crippen LogP contribution in [0.2, 0.25) is 11.8 Å². The van der Waals surface area contributed by atoms with Gasteiger partial charge in [-0.15, -0.1) is 0 Å². The van der Waals surface area contributed by atoms with Crippen LogP contribution in [0.4, 0.5) is 0 Å². The highest BCUT2D eigenvalue weighted by atomic mass is 35.5. The van der Waals surface area contributed by atoms with Gasteiger partial charge in [0.1, 0.15) is 5.82 Å². The molecule has 2 aliphatic rings. The quantitative estimate of drug-likeness (QED) is 0.477. The van der Waals surface area contributed by atoms with Crippen molar-refractivity contribution in [2.45, 2.75) is 51.9 Å². The van der Waals surface area contributed by atoms with E-state index in [2.05, 4.69) is 57.8 Å². The number of imidazole rings is 1. The second-order valence-electron chi connectivity index (χ2n) is 9.63.